The highest BCUT2D eigenvalue weighted by molar-refractivity contribution is 5.71. The topological polar surface area (TPSA) is 33.2 Å². The summed E-state index contributed by atoms with van der Waals surface area (Å²) in [6, 6.07) is 3.41. The predicted molar refractivity (Wildman–Crippen MR) is 41.6 cm³/mol. The van der Waals surface area contributed by atoms with Crippen LogP contribution in [0.5, 0.6) is 0 Å². The average Bonchev–Trinajstić information content (AvgIpc) is 2.06. The summed E-state index contributed by atoms with van der Waals surface area (Å²) in [5.74, 6) is -0.598. The maximum absolute atomic E-state index is 12.7. The second-order valence-electron chi connectivity index (χ2n) is 2.40. The molecule has 0 unspecified atom stereocenters. The highest BCUT2D eigenvalue weighted by Gasteiger charge is 2.06. The summed E-state index contributed by atoms with van der Waals surface area (Å²) >= 11 is 0. The van der Waals surface area contributed by atoms with Gasteiger partial charge in [0.2, 0.25) is 5.91 Å². The fraction of sp³-hybridized carbons (Fsp3) is 0.250. The lowest BCUT2D eigenvalue weighted by molar-refractivity contribution is -0.145. The molecule has 1 amide bonds. The summed E-state index contributed by atoms with van der Waals surface area (Å²) in [4.78, 5) is 14.3. The molecule has 0 bridgehead atoms. The van der Waals surface area contributed by atoms with Crippen LogP contribution in [0.3, 0.4) is 0 Å². The van der Waals surface area contributed by atoms with Crippen LogP contribution < -0.4 is 0 Å². The summed E-state index contributed by atoms with van der Waals surface area (Å²) in [6.45, 7) is 1.14. The Morgan fingerprint density at radius 1 is 1.75 bits per heavy atom. The van der Waals surface area contributed by atoms with Crippen molar-refractivity contribution in [3.8, 4) is 0 Å². The standard InChI is InChI=1S/C8H9FN2O/c1-7(12)11(9)6-8-3-2-4-10-5-8/h2-5H,6H2,1H3. The van der Waals surface area contributed by atoms with E-state index in [-0.39, 0.29) is 11.7 Å². The lowest BCUT2D eigenvalue weighted by atomic mass is 10.3. The van der Waals surface area contributed by atoms with Gasteiger partial charge in [-0.3, -0.25) is 9.78 Å². The van der Waals surface area contributed by atoms with Gasteiger partial charge in [-0.05, 0) is 11.6 Å². The fourth-order valence-corrected chi connectivity index (χ4v) is 0.763. The van der Waals surface area contributed by atoms with Gasteiger partial charge in [0, 0.05) is 19.3 Å². The molecular formula is C8H9FN2O. The average molecular weight is 168 g/mol. The lowest BCUT2D eigenvalue weighted by Crippen LogP contribution is -2.18. The summed E-state index contributed by atoms with van der Waals surface area (Å²) in [6.07, 6.45) is 3.12. The molecule has 0 aromatic carbocycles. The highest BCUT2D eigenvalue weighted by atomic mass is 19.2. The number of hydrogen-bond donors (Lipinski definition) is 0. The number of halogens is 1. The minimum Gasteiger partial charge on any atom is -0.273 e. The van der Waals surface area contributed by atoms with E-state index in [1.54, 1.807) is 18.3 Å². The van der Waals surface area contributed by atoms with Crippen molar-refractivity contribution in [2.75, 3.05) is 0 Å². The van der Waals surface area contributed by atoms with Crippen LogP contribution in [0.4, 0.5) is 4.48 Å². The SMILES string of the molecule is CC(=O)N(F)Cc1cccnc1. The van der Waals surface area contributed by atoms with Crippen molar-refractivity contribution < 1.29 is 9.28 Å². The molecule has 1 heterocycles. The van der Waals surface area contributed by atoms with Crippen molar-refractivity contribution in [1.82, 2.24) is 10.1 Å². The molecule has 0 atom stereocenters. The molecule has 1 rings (SSSR count). The van der Waals surface area contributed by atoms with Crippen LogP contribution in [0.25, 0.3) is 0 Å². The molecule has 0 spiro atoms. The number of nitrogens with zero attached hydrogens (tertiary/aromatic N) is 2. The van der Waals surface area contributed by atoms with Gasteiger partial charge in [-0.25, -0.2) is 0 Å². The summed E-state index contributed by atoms with van der Waals surface area (Å²) in [7, 11) is 0. The first-order valence-electron chi connectivity index (χ1n) is 3.53. The van der Waals surface area contributed by atoms with Crippen molar-refractivity contribution in [2.24, 2.45) is 0 Å². The lowest BCUT2D eigenvalue weighted by Gasteiger charge is -2.07. The van der Waals surface area contributed by atoms with Gasteiger partial charge in [0.05, 0.1) is 6.54 Å². The van der Waals surface area contributed by atoms with Crippen LogP contribution in [0.15, 0.2) is 24.5 Å². The molecule has 4 heteroatoms. The first-order chi connectivity index (χ1) is 5.70. The highest BCUT2D eigenvalue weighted by Crippen LogP contribution is 2.02. The van der Waals surface area contributed by atoms with Gasteiger partial charge in [0.1, 0.15) is 0 Å². The van der Waals surface area contributed by atoms with E-state index in [1.807, 2.05) is 0 Å². The number of rotatable bonds is 2. The van der Waals surface area contributed by atoms with Crippen LogP contribution >= 0.6 is 0 Å². The Morgan fingerprint density at radius 2 is 2.50 bits per heavy atom. The van der Waals surface area contributed by atoms with E-state index in [0.717, 1.165) is 0 Å². The molecule has 3 nitrogen and oxygen atoms in total. The molecule has 1 aromatic heterocycles. The van der Waals surface area contributed by atoms with Gasteiger partial charge < -0.3 is 0 Å². The number of carbonyl (C=O) groups is 1. The third-order valence-corrected chi connectivity index (χ3v) is 1.39. The number of carbonyl (C=O) groups excluding carboxylic acids is 1. The van der Waals surface area contributed by atoms with E-state index < -0.39 is 5.91 Å². The van der Waals surface area contributed by atoms with Gasteiger partial charge in [-0.15, -0.1) is 0 Å². The van der Waals surface area contributed by atoms with E-state index in [0.29, 0.717) is 5.56 Å². The quantitative estimate of drug-likeness (QED) is 0.624. The first kappa shape index (κ1) is 8.64. The van der Waals surface area contributed by atoms with E-state index in [9.17, 15) is 9.28 Å². The molecular weight excluding hydrogens is 159 g/mol. The van der Waals surface area contributed by atoms with Gasteiger partial charge in [0.15, 0.2) is 0 Å². The second kappa shape index (κ2) is 3.80. The Hall–Kier alpha value is -1.45. The third-order valence-electron chi connectivity index (χ3n) is 1.39. The molecule has 12 heavy (non-hydrogen) atoms. The van der Waals surface area contributed by atoms with Gasteiger partial charge >= 0.3 is 0 Å². The van der Waals surface area contributed by atoms with Crippen LogP contribution in [0, 0.1) is 0 Å². The zero-order valence-electron chi connectivity index (χ0n) is 6.70. The van der Waals surface area contributed by atoms with Gasteiger partial charge in [-0.2, -0.15) is 5.12 Å². The van der Waals surface area contributed by atoms with E-state index >= 15 is 0 Å². The van der Waals surface area contributed by atoms with Crippen LogP contribution in [0.2, 0.25) is 0 Å². The van der Waals surface area contributed by atoms with Crippen molar-refractivity contribution in [2.45, 2.75) is 13.5 Å². The Bertz CT molecular complexity index is 263. The van der Waals surface area contributed by atoms with E-state index in [4.69, 9.17) is 0 Å². The molecule has 0 fully saturated rings. The summed E-state index contributed by atoms with van der Waals surface area (Å²) in [5, 5.41) is 0.150. The monoisotopic (exact) mass is 168 g/mol. The normalized spacial score (nSPS) is 9.50. The molecule has 0 aliphatic carbocycles. The van der Waals surface area contributed by atoms with Crippen molar-refractivity contribution in [1.29, 1.82) is 0 Å². The summed E-state index contributed by atoms with van der Waals surface area (Å²) in [5.41, 5.74) is 0.676. The number of pyridine rings is 1. The molecule has 0 aliphatic rings. The molecule has 64 valence electrons. The van der Waals surface area contributed by atoms with Crippen molar-refractivity contribution >= 4 is 5.91 Å². The molecule has 0 aliphatic heterocycles. The van der Waals surface area contributed by atoms with Crippen LogP contribution in [-0.2, 0) is 11.3 Å². The van der Waals surface area contributed by atoms with Gasteiger partial charge in [-0.1, -0.05) is 10.5 Å². The van der Waals surface area contributed by atoms with Crippen molar-refractivity contribution in [3.63, 3.8) is 0 Å². The maximum Gasteiger partial charge on any atom is 0.247 e. The van der Waals surface area contributed by atoms with Crippen LogP contribution in [0.1, 0.15) is 12.5 Å². The molecule has 0 saturated heterocycles. The minimum absolute atomic E-state index is 0.0385. The molecule has 0 N–H and O–H groups in total. The molecule has 0 radical (unpaired) electrons. The van der Waals surface area contributed by atoms with Crippen LogP contribution in [-0.4, -0.2) is 16.0 Å². The van der Waals surface area contributed by atoms with Crippen molar-refractivity contribution in [3.05, 3.63) is 30.1 Å². The minimum atomic E-state index is -0.598. The summed E-state index contributed by atoms with van der Waals surface area (Å²) < 4.78 is 12.7. The predicted octanol–water partition coefficient (Wildman–Crippen LogP) is 1.31. The van der Waals surface area contributed by atoms with E-state index in [1.165, 1.54) is 13.1 Å². The smallest absolute Gasteiger partial charge is 0.247 e. The maximum atomic E-state index is 12.7. The Balaban J connectivity index is 2.58. The number of aromatic nitrogens is 1. The van der Waals surface area contributed by atoms with Gasteiger partial charge in [0.25, 0.3) is 0 Å². The number of amides is 1. The zero-order valence-corrected chi connectivity index (χ0v) is 6.70. The fourth-order valence-electron chi connectivity index (χ4n) is 0.763. The van der Waals surface area contributed by atoms with E-state index in [2.05, 4.69) is 4.98 Å². The Kier molecular flexibility index (Phi) is 2.74. The molecule has 0 saturated carbocycles. The number of hydrogen-bond acceptors (Lipinski definition) is 2. The first-order valence-corrected chi connectivity index (χ1v) is 3.53. The second-order valence-corrected chi connectivity index (χ2v) is 2.40. The molecule has 1 aromatic rings. The Labute approximate surface area is 69.8 Å². The zero-order chi connectivity index (χ0) is 8.97. The Morgan fingerprint density at radius 3 is 3.00 bits per heavy atom. The largest absolute Gasteiger partial charge is 0.273 e. The third kappa shape index (κ3) is 2.30.